The quantitative estimate of drug-likeness (QED) is 0.244. The van der Waals surface area contributed by atoms with E-state index in [1.807, 2.05) is 22.9 Å². The van der Waals surface area contributed by atoms with E-state index in [1.165, 1.54) is 3.22 Å². The van der Waals surface area contributed by atoms with Crippen molar-refractivity contribution in [3.8, 4) is 0 Å². The maximum Gasteiger partial charge on any atom is 0.0759 e. The molecule has 0 bridgehead atoms. The maximum absolute atomic E-state index is 5.16. The Hall–Kier alpha value is -0.0300. The Morgan fingerprint density at radius 2 is 2.29 bits per heavy atom. The number of hydrazine groups is 1. The number of nitrogens with two attached hydrogens (primary N) is 1. The van der Waals surface area contributed by atoms with Crippen LogP contribution in [0.15, 0.2) is 24.9 Å². The van der Waals surface area contributed by atoms with E-state index in [0.29, 0.717) is 0 Å². The van der Waals surface area contributed by atoms with Crippen molar-refractivity contribution in [3.05, 3.63) is 24.9 Å². The molecular weight excluding hydrogens is 203 g/mol. The Morgan fingerprint density at radius 1 is 1.71 bits per heavy atom. The molecule has 40 valence electrons. The standard InChI is InChI=1S/C4H7IN2/c1-2-3-4-7(5)6/h2-4H,1,6H2/b4-3-. The van der Waals surface area contributed by atoms with Crippen LogP contribution in [0.4, 0.5) is 0 Å². The molecule has 0 aromatic carbocycles. The first-order valence-electron chi connectivity index (χ1n) is 1.76. The van der Waals surface area contributed by atoms with Crippen LogP contribution in [0.3, 0.4) is 0 Å². The molecule has 0 rings (SSSR count). The molecule has 0 amide bonds. The molecule has 2 N–H and O–H groups in total. The van der Waals surface area contributed by atoms with Gasteiger partial charge in [-0.15, -0.1) is 0 Å². The smallest absolute Gasteiger partial charge is 0.0759 e. The molecule has 0 aliphatic carbocycles. The van der Waals surface area contributed by atoms with E-state index in [0.717, 1.165) is 0 Å². The van der Waals surface area contributed by atoms with Crippen molar-refractivity contribution < 1.29 is 0 Å². The number of nitrogens with zero attached hydrogens (tertiary/aromatic N) is 1. The van der Waals surface area contributed by atoms with Gasteiger partial charge in [0.2, 0.25) is 0 Å². The molecular formula is C4H7IN2. The van der Waals surface area contributed by atoms with Crippen LogP contribution in [0, 0.1) is 0 Å². The third-order valence-corrected chi connectivity index (χ3v) is 0.686. The Bertz CT molecular complexity index is 77.8. The second-order valence-corrected chi connectivity index (χ2v) is 2.04. The summed E-state index contributed by atoms with van der Waals surface area (Å²) in [5.74, 6) is 5.16. The lowest BCUT2D eigenvalue weighted by Gasteiger charge is -1.96. The minimum atomic E-state index is 1.43. The largest absolute Gasteiger partial charge is 0.258 e. The van der Waals surface area contributed by atoms with Gasteiger partial charge in [0.1, 0.15) is 0 Å². The zero-order valence-corrected chi connectivity index (χ0v) is 6.00. The third kappa shape index (κ3) is 5.97. The van der Waals surface area contributed by atoms with E-state index < -0.39 is 0 Å². The van der Waals surface area contributed by atoms with Crippen molar-refractivity contribution >= 4 is 22.9 Å². The minimum Gasteiger partial charge on any atom is -0.258 e. The summed E-state index contributed by atoms with van der Waals surface area (Å²) in [5.41, 5.74) is 0. The molecule has 0 aliphatic heterocycles. The van der Waals surface area contributed by atoms with Gasteiger partial charge in [-0.2, -0.15) is 0 Å². The second-order valence-electron chi connectivity index (χ2n) is 0.921. The van der Waals surface area contributed by atoms with Gasteiger partial charge in [0, 0.05) is 6.20 Å². The Kier molecular flexibility index (Phi) is 4.12. The fourth-order valence-electron chi connectivity index (χ4n) is 0.143. The molecule has 0 aromatic heterocycles. The fourth-order valence-corrected chi connectivity index (χ4v) is 0.329. The molecule has 0 saturated heterocycles. The number of halogens is 1. The summed E-state index contributed by atoms with van der Waals surface area (Å²) >= 11 is 1.94. The molecule has 0 aromatic rings. The number of rotatable bonds is 2. The molecule has 0 fully saturated rings. The highest BCUT2D eigenvalue weighted by Crippen LogP contribution is 1.87. The van der Waals surface area contributed by atoms with Crippen LogP contribution < -0.4 is 5.84 Å². The first kappa shape index (κ1) is 6.97. The zero-order chi connectivity index (χ0) is 5.70. The van der Waals surface area contributed by atoms with Gasteiger partial charge in [0.25, 0.3) is 0 Å². The van der Waals surface area contributed by atoms with Crippen molar-refractivity contribution in [1.82, 2.24) is 3.22 Å². The molecule has 0 heterocycles. The molecule has 2 nitrogen and oxygen atoms in total. The Morgan fingerprint density at radius 3 is 2.43 bits per heavy atom. The number of hydrogen-bond donors (Lipinski definition) is 1. The van der Waals surface area contributed by atoms with Gasteiger partial charge in [-0.3, -0.25) is 3.22 Å². The van der Waals surface area contributed by atoms with Crippen LogP contribution in [-0.4, -0.2) is 3.22 Å². The van der Waals surface area contributed by atoms with E-state index in [4.69, 9.17) is 5.84 Å². The van der Waals surface area contributed by atoms with E-state index in [2.05, 4.69) is 6.58 Å². The van der Waals surface area contributed by atoms with Crippen LogP contribution in [-0.2, 0) is 0 Å². The summed E-state index contributed by atoms with van der Waals surface area (Å²) in [5, 5.41) is 0. The molecule has 0 atom stereocenters. The summed E-state index contributed by atoms with van der Waals surface area (Å²) in [7, 11) is 0. The van der Waals surface area contributed by atoms with Crippen LogP contribution in [0.1, 0.15) is 0 Å². The molecule has 0 saturated carbocycles. The third-order valence-electron chi connectivity index (χ3n) is 0.365. The lowest BCUT2D eigenvalue weighted by Crippen LogP contribution is -2.09. The first-order valence-corrected chi connectivity index (χ1v) is 2.73. The van der Waals surface area contributed by atoms with Crippen molar-refractivity contribution in [2.24, 2.45) is 5.84 Å². The highest BCUT2D eigenvalue weighted by atomic mass is 127. The monoisotopic (exact) mass is 210 g/mol. The normalized spacial score (nSPS) is 9.43. The molecule has 0 unspecified atom stereocenters. The van der Waals surface area contributed by atoms with Gasteiger partial charge in [-0.25, -0.2) is 5.84 Å². The van der Waals surface area contributed by atoms with E-state index in [1.54, 1.807) is 18.4 Å². The highest BCUT2D eigenvalue weighted by molar-refractivity contribution is 14.1. The molecule has 0 spiro atoms. The number of hydrogen-bond acceptors (Lipinski definition) is 2. The van der Waals surface area contributed by atoms with Gasteiger partial charge >= 0.3 is 0 Å². The topological polar surface area (TPSA) is 29.3 Å². The molecule has 0 radical (unpaired) electrons. The van der Waals surface area contributed by atoms with Crippen molar-refractivity contribution in [2.75, 3.05) is 0 Å². The lowest BCUT2D eigenvalue weighted by atomic mass is 10.6. The first-order chi connectivity index (χ1) is 3.27. The van der Waals surface area contributed by atoms with Crippen molar-refractivity contribution in [1.29, 1.82) is 0 Å². The van der Waals surface area contributed by atoms with Crippen molar-refractivity contribution in [2.45, 2.75) is 0 Å². The molecule has 3 heteroatoms. The van der Waals surface area contributed by atoms with E-state index >= 15 is 0 Å². The van der Waals surface area contributed by atoms with Gasteiger partial charge in [0.15, 0.2) is 0 Å². The van der Waals surface area contributed by atoms with E-state index in [-0.39, 0.29) is 0 Å². The zero-order valence-electron chi connectivity index (χ0n) is 3.84. The van der Waals surface area contributed by atoms with Crippen LogP contribution in [0.2, 0.25) is 0 Å². The van der Waals surface area contributed by atoms with Gasteiger partial charge in [-0.05, 0) is 6.08 Å². The lowest BCUT2D eigenvalue weighted by molar-refractivity contribution is 0.726. The van der Waals surface area contributed by atoms with Gasteiger partial charge < -0.3 is 0 Å². The molecule has 0 aliphatic rings. The maximum atomic E-state index is 5.16. The average molecular weight is 210 g/mol. The number of allylic oxidation sites excluding steroid dienone is 2. The van der Waals surface area contributed by atoms with Crippen molar-refractivity contribution in [3.63, 3.8) is 0 Å². The summed E-state index contributed by atoms with van der Waals surface area (Å²) in [4.78, 5) is 0. The molecule has 7 heavy (non-hydrogen) atoms. The summed E-state index contributed by atoms with van der Waals surface area (Å²) < 4.78 is 1.43. The van der Waals surface area contributed by atoms with Gasteiger partial charge in [0.05, 0.1) is 22.9 Å². The van der Waals surface area contributed by atoms with Crippen LogP contribution in [0.25, 0.3) is 0 Å². The summed E-state index contributed by atoms with van der Waals surface area (Å²) in [6.45, 7) is 3.46. The SMILES string of the molecule is C=C/C=C\N(N)I. The Balaban J connectivity index is 3.25. The van der Waals surface area contributed by atoms with Gasteiger partial charge in [-0.1, -0.05) is 12.7 Å². The summed E-state index contributed by atoms with van der Waals surface area (Å²) in [6.07, 6.45) is 5.12. The fraction of sp³-hybridized carbons (Fsp3) is 0. The average Bonchev–Trinajstić information content (AvgIpc) is 1.61. The van der Waals surface area contributed by atoms with Crippen LogP contribution in [0.5, 0.6) is 0 Å². The van der Waals surface area contributed by atoms with E-state index in [9.17, 15) is 0 Å². The second kappa shape index (κ2) is 4.14. The minimum absolute atomic E-state index is 1.43. The predicted octanol–water partition coefficient (Wildman–Crippen LogP) is 1.21. The highest BCUT2D eigenvalue weighted by Gasteiger charge is 1.70. The Labute approximate surface area is 57.1 Å². The van der Waals surface area contributed by atoms with Crippen LogP contribution >= 0.6 is 22.9 Å². The summed E-state index contributed by atoms with van der Waals surface area (Å²) in [6, 6.07) is 0. The predicted molar refractivity (Wildman–Crippen MR) is 39.4 cm³/mol.